The lowest BCUT2D eigenvalue weighted by atomic mass is 10.1. The van der Waals surface area contributed by atoms with Crippen LogP contribution in [-0.2, 0) is 14.8 Å². The van der Waals surface area contributed by atoms with Gasteiger partial charge in [0.15, 0.2) is 0 Å². The van der Waals surface area contributed by atoms with Crippen LogP contribution in [0.4, 0.5) is 5.69 Å². The lowest BCUT2D eigenvalue weighted by Gasteiger charge is -2.22. The molecule has 6 nitrogen and oxygen atoms in total. The summed E-state index contributed by atoms with van der Waals surface area (Å²) >= 11 is 1.44. The second-order valence-corrected chi connectivity index (χ2v) is 7.88. The van der Waals surface area contributed by atoms with Gasteiger partial charge in [0.1, 0.15) is 6.04 Å². The third-order valence-electron chi connectivity index (χ3n) is 3.11. The molecule has 1 heterocycles. The van der Waals surface area contributed by atoms with Crippen molar-refractivity contribution < 1.29 is 13.2 Å². The van der Waals surface area contributed by atoms with E-state index in [1.54, 1.807) is 12.1 Å². The second-order valence-electron chi connectivity index (χ2n) is 4.84. The van der Waals surface area contributed by atoms with Crippen molar-refractivity contribution >= 4 is 33.4 Å². The Labute approximate surface area is 128 Å². The third kappa shape index (κ3) is 5.22. The van der Waals surface area contributed by atoms with Crippen LogP contribution in [0, 0.1) is 0 Å². The Balaban J connectivity index is 1.80. The van der Waals surface area contributed by atoms with Crippen LogP contribution in [0.1, 0.15) is 12.8 Å². The molecule has 1 aromatic carbocycles. The fourth-order valence-corrected chi connectivity index (χ4v) is 4.54. The van der Waals surface area contributed by atoms with Gasteiger partial charge in [0.05, 0.1) is 5.75 Å². The Bertz CT molecular complexity index is 587. The van der Waals surface area contributed by atoms with Crippen molar-refractivity contribution in [1.82, 2.24) is 10.0 Å². The van der Waals surface area contributed by atoms with E-state index < -0.39 is 16.1 Å². The number of carbonyl (C=O) groups is 1. The lowest BCUT2D eigenvalue weighted by Crippen LogP contribution is -2.50. The summed E-state index contributed by atoms with van der Waals surface area (Å²) in [4.78, 5) is 12.5. The van der Waals surface area contributed by atoms with E-state index in [9.17, 15) is 13.2 Å². The standard InChI is InChI=1S/C13H19N3O3S2/c14-10-3-5-11(6-4-10)20-8-9-21(18,19)16-12-2-1-7-15-13(12)17/h3-6,12,16H,1-2,7-9,14H2,(H,15,17). The number of carbonyl (C=O) groups excluding carboxylic acids is 1. The number of hydrogen-bond acceptors (Lipinski definition) is 5. The van der Waals surface area contributed by atoms with Gasteiger partial charge in [0, 0.05) is 22.9 Å². The van der Waals surface area contributed by atoms with Crippen LogP contribution < -0.4 is 15.8 Å². The molecule has 1 aliphatic rings. The molecule has 116 valence electrons. The topological polar surface area (TPSA) is 101 Å². The minimum Gasteiger partial charge on any atom is -0.399 e. The summed E-state index contributed by atoms with van der Waals surface area (Å²) < 4.78 is 26.4. The molecule has 1 saturated heterocycles. The van der Waals surface area contributed by atoms with Crippen LogP contribution in [0.2, 0.25) is 0 Å². The maximum absolute atomic E-state index is 12.0. The van der Waals surface area contributed by atoms with Gasteiger partial charge in [-0.25, -0.2) is 13.1 Å². The SMILES string of the molecule is Nc1ccc(SCCS(=O)(=O)NC2CCCNC2=O)cc1. The highest BCUT2D eigenvalue weighted by molar-refractivity contribution is 8.00. The van der Waals surface area contributed by atoms with Crippen molar-refractivity contribution in [1.29, 1.82) is 0 Å². The molecular formula is C13H19N3O3S2. The quantitative estimate of drug-likeness (QED) is 0.523. The molecule has 1 atom stereocenters. The molecule has 1 aliphatic heterocycles. The average molecular weight is 329 g/mol. The number of nitrogens with two attached hydrogens (primary N) is 1. The number of rotatable bonds is 6. The fraction of sp³-hybridized carbons (Fsp3) is 0.462. The van der Waals surface area contributed by atoms with Gasteiger partial charge < -0.3 is 11.1 Å². The van der Waals surface area contributed by atoms with Gasteiger partial charge >= 0.3 is 0 Å². The molecule has 0 bridgehead atoms. The van der Waals surface area contributed by atoms with Crippen LogP contribution in [0.5, 0.6) is 0 Å². The first-order valence-corrected chi connectivity index (χ1v) is 9.36. The van der Waals surface area contributed by atoms with E-state index in [-0.39, 0.29) is 11.7 Å². The number of benzene rings is 1. The van der Waals surface area contributed by atoms with Crippen molar-refractivity contribution in [3.05, 3.63) is 24.3 Å². The Morgan fingerprint density at radius 1 is 1.33 bits per heavy atom. The van der Waals surface area contributed by atoms with E-state index in [0.717, 1.165) is 11.3 Å². The van der Waals surface area contributed by atoms with Crippen molar-refractivity contribution in [2.45, 2.75) is 23.8 Å². The van der Waals surface area contributed by atoms with Crippen LogP contribution in [0.25, 0.3) is 0 Å². The molecule has 0 aliphatic carbocycles. The number of nitrogen functional groups attached to an aromatic ring is 1. The minimum absolute atomic E-state index is 0.0220. The highest BCUT2D eigenvalue weighted by Gasteiger charge is 2.26. The lowest BCUT2D eigenvalue weighted by molar-refractivity contribution is -0.124. The highest BCUT2D eigenvalue weighted by atomic mass is 32.2. The molecule has 8 heteroatoms. The van der Waals surface area contributed by atoms with E-state index in [4.69, 9.17) is 5.73 Å². The summed E-state index contributed by atoms with van der Waals surface area (Å²) in [6.07, 6.45) is 1.34. The van der Waals surface area contributed by atoms with E-state index in [0.29, 0.717) is 24.4 Å². The van der Waals surface area contributed by atoms with E-state index in [1.165, 1.54) is 11.8 Å². The molecule has 4 N–H and O–H groups in total. The molecule has 21 heavy (non-hydrogen) atoms. The zero-order valence-electron chi connectivity index (χ0n) is 11.5. The first-order valence-electron chi connectivity index (χ1n) is 6.72. The predicted octanol–water partition coefficient (Wildman–Crippen LogP) is 0.559. The van der Waals surface area contributed by atoms with Gasteiger partial charge in [0.25, 0.3) is 0 Å². The van der Waals surface area contributed by atoms with Gasteiger partial charge in [-0.15, -0.1) is 11.8 Å². The summed E-state index contributed by atoms with van der Waals surface area (Å²) in [5.74, 6) is 0.162. The summed E-state index contributed by atoms with van der Waals surface area (Å²) in [5.41, 5.74) is 6.27. The summed E-state index contributed by atoms with van der Waals surface area (Å²) in [6.45, 7) is 0.615. The summed E-state index contributed by atoms with van der Waals surface area (Å²) in [5, 5.41) is 2.66. The van der Waals surface area contributed by atoms with Gasteiger partial charge in [-0.05, 0) is 37.1 Å². The molecule has 0 saturated carbocycles. The second kappa shape index (κ2) is 7.15. The highest BCUT2D eigenvalue weighted by Crippen LogP contribution is 2.19. The third-order valence-corrected chi connectivity index (χ3v) is 5.77. The summed E-state index contributed by atoms with van der Waals surface area (Å²) in [6, 6.07) is 6.64. The van der Waals surface area contributed by atoms with Crippen molar-refractivity contribution in [3.63, 3.8) is 0 Å². The molecule has 1 aromatic rings. The van der Waals surface area contributed by atoms with Crippen LogP contribution in [0.15, 0.2) is 29.2 Å². The number of amides is 1. The number of sulfonamides is 1. The van der Waals surface area contributed by atoms with Gasteiger partial charge in [-0.1, -0.05) is 0 Å². The Kier molecular flexibility index (Phi) is 5.49. The van der Waals surface area contributed by atoms with Crippen molar-refractivity contribution in [2.75, 3.05) is 23.8 Å². The average Bonchev–Trinajstić information content (AvgIpc) is 2.43. The zero-order chi connectivity index (χ0) is 15.3. The number of hydrogen-bond donors (Lipinski definition) is 3. The molecule has 0 spiro atoms. The number of anilines is 1. The van der Waals surface area contributed by atoms with E-state index in [2.05, 4.69) is 10.0 Å². The Morgan fingerprint density at radius 3 is 2.71 bits per heavy atom. The molecule has 0 radical (unpaired) electrons. The largest absolute Gasteiger partial charge is 0.399 e. The number of thioether (sulfide) groups is 1. The maximum atomic E-state index is 12.0. The molecule has 1 unspecified atom stereocenters. The van der Waals surface area contributed by atoms with Gasteiger partial charge in [-0.3, -0.25) is 4.79 Å². The first-order chi connectivity index (χ1) is 9.96. The fourth-order valence-electron chi connectivity index (χ4n) is 1.99. The monoisotopic (exact) mass is 329 g/mol. The van der Waals surface area contributed by atoms with Crippen LogP contribution in [-0.4, -0.2) is 38.4 Å². The Morgan fingerprint density at radius 2 is 2.05 bits per heavy atom. The number of piperidine rings is 1. The zero-order valence-corrected chi connectivity index (χ0v) is 13.2. The van der Waals surface area contributed by atoms with Crippen LogP contribution in [0.3, 0.4) is 0 Å². The van der Waals surface area contributed by atoms with Crippen molar-refractivity contribution in [2.24, 2.45) is 0 Å². The maximum Gasteiger partial charge on any atom is 0.238 e. The molecular weight excluding hydrogens is 310 g/mol. The minimum atomic E-state index is -3.45. The smallest absolute Gasteiger partial charge is 0.238 e. The first kappa shape index (κ1) is 16.1. The number of nitrogens with one attached hydrogen (secondary N) is 2. The van der Waals surface area contributed by atoms with E-state index >= 15 is 0 Å². The van der Waals surface area contributed by atoms with E-state index in [1.807, 2.05) is 12.1 Å². The normalized spacial score (nSPS) is 19.2. The molecule has 0 aromatic heterocycles. The predicted molar refractivity (Wildman–Crippen MR) is 84.5 cm³/mol. The van der Waals surface area contributed by atoms with Gasteiger partial charge in [0.2, 0.25) is 15.9 Å². The molecule has 1 fully saturated rings. The van der Waals surface area contributed by atoms with Crippen molar-refractivity contribution in [3.8, 4) is 0 Å². The molecule has 1 amide bonds. The molecule has 2 rings (SSSR count). The Hall–Kier alpha value is -1.25. The summed E-state index contributed by atoms with van der Waals surface area (Å²) in [7, 11) is -3.45. The van der Waals surface area contributed by atoms with Gasteiger partial charge in [-0.2, -0.15) is 0 Å². The van der Waals surface area contributed by atoms with Crippen LogP contribution >= 0.6 is 11.8 Å².